The van der Waals surface area contributed by atoms with Gasteiger partial charge in [-0.05, 0) is 61.4 Å². The highest BCUT2D eigenvalue weighted by molar-refractivity contribution is 7.98. The van der Waals surface area contributed by atoms with Crippen LogP contribution >= 0.6 is 11.8 Å². The third-order valence-electron chi connectivity index (χ3n) is 5.40. The number of aryl methyl sites for hydroxylation is 3. The Balaban J connectivity index is 1.35. The molecule has 5 nitrogen and oxygen atoms in total. The SMILES string of the molecule is Cc1nc(SCc2ccccc2)[nH]c(=O)c1CCC(=O)Nc1ccc2c(c1)CCC2. The largest absolute Gasteiger partial charge is 0.326 e. The molecule has 1 amide bonds. The van der Waals surface area contributed by atoms with Crippen molar-refractivity contribution >= 4 is 23.4 Å². The molecule has 2 N–H and O–H groups in total. The number of nitrogens with one attached hydrogen (secondary N) is 2. The first-order chi connectivity index (χ1) is 14.6. The Labute approximate surface area is 180 Å². The summed E-state index contributed by atoms with van der Waals surface area (Å²) >= 11 is 1.50. The molecule has 3 aromatic rings. The van der Waals surface area contributed by atoms with E-state index in [9.17, 15) is 9.59 Å². The maximum absolute atomic E-state index is 12.5. The van der Waals surface area contributed by atoms with Crippen molar-refractivity contribution in [2.75, 3.05) is 5.32 Å². The molecule has 0 bridgehead atoms. The first-order valence-corrected chi connectivity index (χ1v) is 11.3. The number of amides is 1. The maximum atomic E-state index is 12.5. The van der Waals surface area contributed by atoms with Crippen LogP contribution in [0.15, 0.2) is 58.5 Å². The first kappa shape index (κ1) is 20.4. The quantitative estimate of drug-likeness (QED) is 0.439. The molecule has 0 fully saturated rings. The normalized spacial score (nSPS) is 12.6. The molecular formula is C24H25N3O2S. The number of benzene rings is 2. The summed E-state index contributed by atoms with van der Waals surface area (Å²) in [4.78, 5) is 32.3. The number of hydrogen-bond donors (Lipinski definition) is 2. The molecule has 1 aliphatic rings. The summed E-state index contributed by atoms with van der Waals surface area (Å²) in [6.07, 6.45) is 4.00. The lowest BCUT2D eigenvalue weighted by Gasteiger charge is -2.09. The van der Waals surface area contributed by atoms with E-state index in [-0.39, 0.29) is 17.9 Å². The second kappa shape index (κ2) is 9.30. The van der Waals surface area contributed by atoms with Crippen molar-refractivity contribution < 1.29 is 4.79 Å². The van der Waals surface area contributed by atoms with Crippen molar-refractivity contribution in [2.24, 2.45) is 0 Å². The lowest BCUT2D eigenvalue weighted by atomic mass is 10.1. The Hall–Kier alpha value is -2.86. The van der Waals surface area contributed by atoms with Crippen molar-refractivity contribution in [3.63, 3.8) is 0 Å². The Kier molecular flexibility index (Phi) is 6.33. The zero-order valence-corrected chi connectivity index (χ0v) is 17.8. The standard InChI is InChI=1S/C24H25N3O2S/c1-16-21(23(29)27-24(25-16)30-15-17-6-3-2-4-7-17)12-13-22(28)26-20-11-10-18-8-5-9-19(18)14-20/h2-4,6-7,10-11,14H,5,8-9,12-13,15H2,1H3,(H,26,28)(H,25,27,29). The van der Waals surface area contributed by atoms with Gasteiger partial charge < -0.3 is 10.3 Å². The fourth-order valence-electron chi connectivity index (χ4n) is 3.78. The Morgan fingerprint density at radius 2 is 1.93 bits per heavy atom. The number of hydrogen-bond acceptors (Lipinski definition) is 4. The summed E-state index contributed by atoms with van der Waals surface area (Å²) in [5.41, 5.74) is 5.80. The van der Waals surface area contributed by atoms with Crippen LogP contribution in [0.2, 0.25) is 0 Å². The fraction of sp³-hybridized carbons (Fsp3) is 0.292. The van der Waals surface area contributed by atoms with Gasteiger partial charge in [0.05, 0.1) is 0 Å². The fourth-order valence-corrected chi connectivity index (χ4v) is 4.65. The van der Waals surface area contributed by atoms with Crippen LogP contribution in [0, 0.1) is 6.92 Å². The molecule has 1 aliphatic carbocycles. The minimum atomic E-state index is -0.164. The van der Waals surface area contributed by atoms with E-state index in [0.29, 0.717) is 22.8 Å². The predicted molar refractivity (Wildman–Crippen MR) is 121 cm³/mol. The predicted octanol–water partition coefficient (Wildman–Crippen LogP) is 4.43. The van der Waals surface area contributed by atoms with E-state index in [1.165, 1.54) is 34.9 Å². The molecule has 0 saturated heterocycles. The van der Waals surface area contributed by atoms with Gasteiger partial charge in [-0.2, -0.15) is 0 Å². The summed E-state index contributed by atoms with van der Waals surface area (Å²) in [6.45, 7) is 1.83. The van der Waals surface area contributed by atoms with Gasteiger partial charge in [-0.15, -0.1) is 0 Å². The molecule has 4 rings (SSSR count). The van der Waals surface area contributed by atoms with E-state index in [1.807, 2.05) is 43.3 Å². The van der Waals surface area contributed by atoms with Crippen molar-refractivity contribution in [3.8, 4) is 0 Å². The van der Waals surface area contributed by atoms with Gasteiger partial charge in [-0.1, -0.05) is 48.2 Å². The Morgan fingerprint density at radius 3 is 2.73 bits per heavy atom. The van der Waals surface area contributed by atoms with E-state index in [0.717, 1.165) is 24.3 Å². The minimum Gasteiger partial charge on any atom is -0.326 e. The van der Waals surface area contributed by atoms with Crippen LogP contribution < -0.4 is 10.9 Å². The number of fused-ring (bicyclic) bond motifs is 1. The van der Waals surface area contributed by atoms with E-state index in [4.69, 9.17) is 0 Å². The van der Waals surface area contributed by atoms with Crippen LogP contribution in [0.5, 0.6) is 0 Å². The molecule has 154 valence electrons. The highest BCUT2D eigenvalue weighted by Crippen LogP contribution is 2.25. The molecule has 1 heterocycles. The second-order valence-corrected chi connectivity index (χ2v) is 8.56. The van der Waals surface area contributed by atoms with Crippen LogP contribution in [0.25, 0.3) is 0 Å². The summed E-state index contributed by atoms with van der Waals surface area (Å²) in [7, 11) is 0. The second-order valence-electron chi connectivity index (χ2n) is 7.59. The molecule has 0 unspecified atom stereocenters. The highest BCUT2D eigenvalue weighted by atomic mass is 32.2. The number of rotatable bonds is 7. The van der Waals surface area contributed by atoms with Gasteiger partial charge in [0, 0.05) is 29.1 Å². The summed E-state index contributed by atoms with van der Waals surface area (Å²) in [6, 6.07) is 16.2. The molecule has 0 atom stereocenters. The Bertz CT molecular complexity index is 1110. The molecule has 6 heteroatoms. The number of aromatic amines is 1. The smallest absolute Gasteiger partial charge is 0.254 e. The van der Waals surface area contributed by atoms with Gasteiger partial charge in [-0.3, -0.25) is 9.59 Å². The van der Waals surface area contributed by atoms with Crippen LogP contribution in [0.4, 0.5) is 5.69 Å². The van der Waals surface area contributed by atoms with Crippen molar-refractivity contribution in [1.82, 2.24) is 9.97 Å². The molecular weight excluding hydrogens is 394 g/mol. The zero-order valence-electron chi connectivity index (χ0n) is 17.0. The molecule has 0 saturated carbocycles. The van der Waals surface area contributed by atoms with E-state index in [2.05, 4.69) is 27.4 Å². The van der Waals surface area contributed by atoms with Crippen LogP contribution in [-0.2, 0) is 29.8 Å². The van der Waals surface area contributed by atoms with Gasteiger partial charge in [-0.25, -0.2) is 4.98 Å². The van der Waals surface area contributed by atoms with Crippen LogP contribution in [0.1, 0.15) is 40.8 Å². The van der Waals surface area contributed by atoms with E-state index in [1.54, 1.807) is 0 Å². The number of H-pyrrole nitrogens is 1. The molecule has 30 heavy (non-hydrogen) atoms. The molecule has 1 aromatic heterocycles. The third-order valence-corrected chi connectivity index (χ3v) is 6.35. The zero-order chi connectivity index (χ0) is 20.9. The molecule has 0 spiro atoms. The van der Waals surface area contributed by atoms with Gasteiger partial charge in [0.2, 0.25) is 5.91 Å². The topological polar surface area (TPSA) is 74.8 Å². The van der Waals surface area contributed by atoms with Crippen molar-refractivity contribution in [2.45, 2.75) is 49.9 Å². The van der Waals surface area contributed by atoms with Gasteiger partial charge >= 0.3 is 0 Å². The number of nitrogens with zero attached hydrogens (tertiary/aromatic N) is 1. The number of carbonyl (C=O) groups is 1. The first-order valence-electron chi connectivity index (χ1n) is 10.3. The van der Waals surface area contributed by atoms with Crippen molar-refractivity contribution in [3.05, 3.63) is 86.8 Å². The lowest BCUT2D eigenvalue weighted by Crippen LogP contribution is -2.20. The number of carbonyl (C=O) groups excluding carboxylic acids is 1. The summed E-state index contributed by atoms with van der Waals surface area (Å²) < 4.78 is 0. The van der Waals surface area contributed by atoms with Crippen LogP contribution in [-0.4, -0.2) is 15.9 Å². The summed E-state index contributed by atoms with van der Waals surface area (Å²) in [5, 5.41) is 3.56. The van der Waals surface area contributed by atoms with E-state index >= 15 is 0 Å². The molecule has 2 aromatic carbocycles. The third kappa shape index (κ3) is 5.00. The lowest BCUT2D eigenvalue weighted by molar-refractivity contribution is -0.116. The van der Waals surface area contributed by atoms with E-state index < -0.39 is 0 Å². The molecule has 0 aliphatic heterocycles. The maximum Gasteiger partial charge on any atom is 0.254 e. The number of anilines is 1. The molecule has 0 radical (unpaired) electrons. The number of aromatic nitrogens is 2. The van der Waals surface area contributed by atoms with Gasteiger partial charge in [0.25, 0.3) is 5.56 Å². The van der Waals surface area contributed by atoms with Crippen molar-refractivity contribution in [1.29, 1.82) is 0 Å². The van der Waals surface area contributed by atoms with Gasteiger partial charge in [0.1, 0.15) is 0 Å². The average Bonchev–Trinajstić information content (AvgIpc) is 3.20. The average molecular weight is 420 g/mol. The minimum absolute atomic E-state index is 0.0886. The summed E-state index contributed by atoms with van der Waals surface area (Å²) in [5.74, 6) is 0.653. The van der Waals surface area contributed by atoms with Crippen LogP contribution in [0.3, 0.4) is 0 Å². The van der Waals surface area contributed by atoms with Gasteiger partial charge in [0.15, 0.2) is 5.16 Å². The number of thioether (sulfide) groups is 1. The monoisotopic (exact) mass is 419 g/mol. The highest BCUT2D eigenvalue weighted by Gasteiger charge is 2.14. The Morgan fingerprint density at radius 1 is 1.13 bits per heavy atom.